The summed E-state index contributed by atoms with van der Waals surface area (Å²) in [5.41, 5.74) is 0.576. The summed E-state index contributed by atoms with van der Waals surface area (Å²) in [6.07, 6.45) is 4.90. The Labute approximate surface area is 79.5 Å². The molecule has 3 nitrogen and oxygen atoms in total. The summed E-state index contributed by atoms with van der Waals surface area (Å²) in [6.45, 7) is 2.29. The molecular formula is C10H18N2O. The van der Waals surface area contributed by atoms with Gasteiger partial charge in [0.25, 0.3) is 0 Å². The summed E-state index contributed by atoms with van der Waals surface area (Å²) in [5.74, 6) is 0. The Kier molecular flexibility index (Phi) is 1.63. The number of amides is 2. The van der Waals surface area contributed by atoms with Crippen LogP contribution in [-0.4, -0.2) is 30.6 Å². The van der Waals surface area contributed by atoms with E-state index in [1.165, 1.54) is 25.7 Å². The molecular weight excluding hydrogens is 164 g/mol. The predicted molar refractivity (Wildman–Crippen MR) is 51.5 cm³/mol. The molecule has 3 heteroatoms. The lowest BCUT2D eigenvalue weighted by molar-refractivity contribution is 0.203. The minimum Gasteiger partial charge on any atom is -0.332 e. The fourth-order valence-corrected chi connectivity index (χ4v) is 1.99. The van der Waals surface area contributed by atoms with Gasteiger partial charge in [-0.05, 0) is 31.1 Å². The molecule has 13 heavy (non-hydrogen) atoms. The number of carbonyl (C=O) groups is 1. The van der Waals surface area contributed by atoms with Crippen molar-refractivity contribution in [1.29, 1.82) is 0 Å². The zero-order valence-electron chi connectivity index (χ0n) is 8.68. The third-order valence-corrected chi connectivity index (χ3v) is 3.66. The van der Waals surface area contributed by atoms with E-state index in [1.54, 1.807) is 19.0 Å². The topological polar surface area (TPSA) is 32.3 Å². The fraction of sp³-hybridized carbons (Fsp3) is 0.900. The standard InChI is InChI=1S/C10H18N2O/c1-9(4-5-9)10(6-7-10)11-8(13)12(2)3/h4-7H2,1-3H3,(H,11,13). The molecule has 2 rings (SSSR count). The van der Waals surface area contributed by atoms with Gasteiger partial charge in [-0.25, -0.2) is 4.79 Å². The second kappa shape index (κ2) is 2.40. The molecule has 0 aromatic rings. The first-order valence-electron chi connectivity index (χ1n) is 4.99. The number of nitrogens with one attached hydrogen (secondary N) is 1. The van der Waals surface area contributed by atoms with E-state index in [9.17, 15) is 4.79 Å². The predicted octanol–water partition coefficient (Wildman–Crippen LogP) is 1.59. The molecule has 2 amide bonds. The summed E-state index contributed by atoms with van der Waals surface area (Å²) in [5, 5.41) is 3.16. The second-order valence-electron chi connectivity index (χ2n) is 4.97. The second-order valence-corrected chi connectivity index (χ2v) is 4.97. The Morgan fingerprint density at radius 2 is 1.77 bits per heavy atom. The third kappa shape index (κ3) is 1.30. The van der Waals surface area contributed by atoms with Crippen molar-refractivity contribution in [2.45, 2.75) is 38.1 Å². The van der Waals surface area contributed by atoms with Gasteiger partial charge in [0.1, 0.15) is 0 Å². The first-order chi connectivity index (χ1) is 5.99. The average Bonchev–Trinajstić information content (AvgIpc) is 2.88. The van der Waals surface area contributed by atoms with Gasteiger partial charge < -0.3 is 10.2 Å². The van der Waals surface area contributed by atoms with Crippen LogP contribution in [0, 0.1) is 5.41 Å². The summed E-state index contributed by atoms with van der Waals surface area (Å²) < 4.78 is 0. The van der Waals surface area contributed by atoms with E-state index < -0.39 is 0 Å². The molecule has 2 fully saturated rings. The molecule has 74 valence electrons. The van der Waals surface area contributed by atoms with Crippen molar-refractivity contribution in [1.82, 2.24) is 10.2 Å². The Morgan fingerprint density at radius 3 is 2.08 bits per heavy atom. The first-order valence-corrected chi connectivity index (χ1v) is 4.99. The van der Waals surface area contributed by atoms with E-state index in [2.05, 4.69) is 12.2 Å². The molecule has 0 aliphatic heterocycles. The number of carbonyl (C=O) groups excluding carboxylic acids is 1. The minimum absolute atomic E-state index is 0.0608. The molecule has 0 heterocycles. The third-order valence-electron chi connectivity index (χ3n) is 3.66. The quantitative estimate of drug-likeness (QED) is 0.691. The zero-order valence-corrected chi connectivity index (χ0v) is 8.68. The van der Waals surface area contributed by atoms with Crippen LogP contribution in [0.4, 0.5) is 4.79 Å². The molecule has 0 unspecified atom stereocenters. The van der Waals surface area contributed by atoms with E-state index in [1.807, 2.05) is 0 Å². The number of hydrogen-bond acceptors (Lipinski definition) is 1. The molecule has 2 aliphatic carbocycles. The van der Waals surface area contributed by atoms with Gasteiger partial charge in [-0.15, -0.1) is 0 Å². The summed E-state index contributed by atoms with van der Waals surface area (Å²) >= 11 is 0. The largest absolute Gasteiger partial charge is 0.332 e. The van der Waals surface area contributed by atoms with Gasteiger partial charge in [0.15, 0.2) is 0 Å². The molecule has 2 aliphatic rings. The molecule has 0 radical (unpaired) electrons. The van der Waals surface area contributed by atoms with Crippen LogP contribution in [0.2, 0.25) is 0 Å². The average molecular weight is 182 g/mol. The minimum atomic E-state index is 0.0608. The van der Waals surface area contributed by atoms with Crippen molar-refractivity contribution >= 4 is 6.03 Å². The van der Waals surface area contributed by atoms with E-state index in [-0.39, 0.29) is 11.6 Å². The zero-order chi connectivity index (χ0) is 9.69. The lowest BCUT2D eigenvalue weighted by atomic mass is 9.96. The maximum Gasteiger partial charge on any atom is 0.317 e. The van der Waals surface area contributed by atoms with Gasteiger partial charge in [-0.3, -0.25) is 0 Å². The summed E-state index contributed by atoms with van der Waals surface area (Å²) in [6, 6.07) is 0.0608. The van der Waals surface area contributed by atoms with E-state index in [0.29, 0.717) is 5.41 Å². The Hall–Kier alpha value is -0.730. The first kappa shape index (κ1) is 8.85. The van der Waals surface area contributed by atoms with Crippen molar-refractivity contribution in [3.05, 3.63) is 0 Å². The Bertz CT molecular complexity index is 239. The number of rotatable bonds is 2. The molecule has 0 atom stereocenters. The van der Waals surface area contributed by atoms with Gasteiger partial charge in [0.05, 0.1) is 0 Å². The molecule has 0 aromatic carbocycles. The van der Waals surface area contributed by atoms with Gasteiger partial charge >= 0.3 is 6.03 Å². The van der Waals surface area contributed by atoms with Gasteiger partial charge in [0.2, 0.25) is 0 Å². The molecule has 1 N–H and O–H groups in total. The summed E-state index contributed by atoms with van der Waals surface area (Å²) in [4.78, 5) is 13.1. The number of nitrogens with zero attached hydrogens (tertiary/aromatic N) is 1. The molecule has 0 spiro atoms. The molecule has 0 saturated heterocycles. The van der Waals surface area contributed by atoms with E-state index in [0.717, 1.165) is 0 Å². The lowest BCUT2D eigenvalue weighted by Crippen LogP contribution is -2.47. The number of hydrogen-bond donors (Lipinski definition) is 1. The smallest absolute Gasteiger partial charge is 0.317 e. The number of urea groups is 1. The van der Waals surface area contributed by atoms with Gasteiger partial charge in [0, 0.05) is 19.6 Å². The van der Waals surface area contributed by atoms with E-state index >= 15 is 0 Å². The highest BCUT2D eigenvalue weighted by molar-refractivity contribution is 5.75. The SMILES string of the molecule is CN(C)C(=O)NC1(C2(C)CC2)CC1. The van der Waals surface area contributed by atoms with Crippen molar-refractivity contribution in [3.8, 4) is 0 Å². The molecule has 0 bridgehead atoms. The van der Waals surface area contributed by atoms with Crippen LogP contribution in [0.5, 0.6) is 0 Å². The monoisotopic (exact) mass is 182 g/mol. The lowest BCUT2D eigenvalue weighted by Gasteiger charge is -2.26. The molecule has 0 aromatic heterocycles. The van der Waals surface area contributed by atoms with Crippen LogP contribution in [0.15, 0.2) is 0 Å². The van der Waals surface area contributed by atoms with Gasteiger partial charge in [-0.1, -0.05) is 6.92 Å². The highest BCUT2D eigenvalue weighted by Gasteiger charge is 2.63. The van der Waals surface area contributed by atoms with Crippen molar-refractivity contribution in [3.63, 3.8) is 0 Å². The van der Waals surface area contributed by atoms with Crippen LogP contribution in [0.25, 0.3) is 0 Å². The van der Waals surface area contributed by atoms with Gasteiger partial charge in [-0.2, -0.15) is 0 Å². The van der Waals surface area contributed by atoms with Crippen molar-refractivity contribution < 1.29 is 4.79 Å². The van der Waals surface area contributed by atoms with Crippen LogP contribution in [-0.2, 0) is 0 Å². The van der Waals surface area contributed by atoms with Crippen molar-refractivity contribution in [2.75, 3.05) is 14.1 Å². The van der Waals surface area contributed by atoms with Crippen LogP contribution in [0.1, 0.15) is 32.6 Å². The Morgan fingerprint density at radius 1 is 1.23 bits per heavy atom. The highest BCUT2D eigenvalue weighted by atomic mass is 16.2. The van der Waals surface area contributed by atoms with Crippen LogP contribution >= 0.6 is 0 Å². The molecule has 2 saturated carbocycles. The normalized spacial score (nSPS) is 26.4. The maximum atomic E-state index is 11.5. The Balaban J connectivity index is 1.98. The fourth-order valence-electron chi connectivity index (χ4n) is 1.99. The summed E-state index contributed by atoms with van der Waals surface area (Å²) in [7, 11) is 3.58. The van der Waals surface area contributed by atoms with E-state index in [4.69, 9.17) is 0 Å². The maximum absolute atomic E-state index is 11.5. The van der Waals surface area contributed by atoms with Crippen LogP contribution < -0.4 is 5.32 Å². The van der Waals surface area contributed by atoms with Crippen LogP contribution in [0.3, 0.4) is 0 Å². The highest BCUT2D eigenvalue weighted by Crippen LogP contribution is 2.63. The van der Waals surface area contributed by atoms with Crippen molar-refractivity contribution in [2.24, 2.45) is 5.41 Å².